The van der Waals surface area contributed by atoms with Gasteiger partial charge in [-0.05, 0) is 19.8 Å². The second-order valence-corrected chi connectivity index (χ2v) is 5.72. The second-order valence-electron chi connectivity index (χ2n) is 5.72. The summed E-state index contributed by atoms with van der Waals surface area (Å²) in [4.78, 5) is 22.0. The molecular weight excluding hydrogens is 270 g/mol. The first-order valence-corrected chi connectivity index (χ1v) is 8.15. The molecule has 0 rings (SSSR count). The minimum absolute atomic E-state index is 0.197. The van der Waals surface area contributed by atoms with Crippen molar-refractivity contribution >= 4 is 11.9 Å². The van der Waals surface area contributed by atoms with Crippen LogP contribution in [0.4, 0.5) is 0 Å². The zero-order chi connectivity index (χ0) is 16.1. The average molecular weight is 301 g/mol. The van der Waals surface area contributed by atoms with Gasteiger partial charge in [-0.25, -0.2) is 0 Å². The van der Waals surface area contributed by atoms with Crippen LogP contribution in [0.5, 0.6) is 0 Å². The van der Waals surface area contributed by atoms with Crippen molar-refractivity contribution in [2.24, 2.45) is 5.73 Å². The number of carboxylic acid groups (broad SMARTS) is 1. The summed E-state index contributed by atoms with van der Waals surface area (Å²) in [6.07, 6.45) is 10.1. The highest BCUT2D eigenvalue weighted by molar-refractivity contribution is 5.81. The van der Waals surface area contributed by atoms with E-state index in [0.29, 0.717) is 0 Å². The van der Waals surface area contributed by atoms with Crippen molar-refractivity contribution < 1.29 is 19.4 Å². The number of hydrogen-bond acceptors (Lipinski definition) is 4. The maximum absolute atomic E-state index is 11.5. The van der Waals surface area contributed by atoms with Crippen LogP contribution in [0.3, 0.4) is 0 Å². The molecule has 0 radical (unpaired) electrons. The zero-order valence-electron chi connectivity index (χ0n) is 13.5. The zero-order valence-corrected chi connectivity index (χ0v) is 13.5. The molecule has 2 unspecified atom stereocenters. The van der Waals surface area contributed by atoms with E-state index in [1.807, 2.05) is 6.92 Å². The molecule has 0 aromatic heterocycles. The minimum atomic E-state index is -1.09. The molecule has 0 aromatic carbocycles. The molecule has 0 aromatic rings. The molecule has 5 heteroatoms. The van der Waals surface area contributed by atoms with Gasteiger partial charge in [-0.1, -0.05) is 51.9 Å². The van der Waals surface area contributed by atoms with Crippen molar-refractivity contribution in [3.05, 3.63) is 0 Å². The number of ether oxygens (including phenoxy) is 1. The first-order chi connectivity index (χ1) is 9.97. The Hall–Kier alpha value is -1.10. The van der Waals surface area contributed by atoms with Crippen LogP contribution in [-0.2, 0) is 14.3 Å². The van der Waals surface area contributed by atoms with E-state index >= 15 is 0 Å². The van der Waals surface area contributed by atoms with Crippen LogP contribution in [0.15, 0.2) is 0 Å². The molecule has 0 bridgehead atoms. The largest absolute Gasteiger partial charge is 0.481 e. The van der Waals surface area contributed by atoms with Crippen molar-refractivity contribution in [1.82, 2.24) is 0 Å². The predicted octanol–water partition coefficient (Wildman–Crippen LogP) is 3.25. The summed E-state index contributed by atoms with van der Waals surface area (Å²) in [5.74, 6) is -1.71. The molecule has 124 valence electrons. The topological polar surface area (TPSA) is 89.6 Å². The van der Waals surface area contributed by atoms with Crippen LogP contribution >= 0.6 is 0 Å². The Balaban J connectivity index is 3.55. The average Bonchev–Trinajstić information content (AvgIpc) is 2.41. The van der Waals surface area contributed by atoms with Crippen LogP contribution in [0.2, 0.25) is 0 Å². The molecular formula is C16H31NO4. The molecule has 0 heterocycles. The summed E-state index contributed by atoms with van der Waals surface area (Å²) in [6.45, 7) is 4.04. The fraction of sp³-hybridized carbons (Fsp3) is 0.875. The van der Waals surface area contributed by atoms with Gasteiger partial charge in [0.25, 0.3) is 0 Å². The van der Waals surface area contributed by atoms with Gasteiger partial charge >= 0.3 is 11.9 Å². The number of carbonyl (C=O) groups excluding carboxylic acids is 1. The molecule has 0 aliphatic rings. The van der Waals surface area contributed by atoms with Gasteiger partial charge in [0.05, 0.1) is 12.5 Å². The third-order valence-electron chi connectivity index (χ3n) is 3.48. The molecule has 5 nitrogen and oxygen atoms in total. The summed E-state index contributed by atoms with van der Waals surface area (Å²) >= 11 is 0. The number of hydrogen-bond donors (Lipinski definition) is 2. The number of nitrogens with two attached hydrogens (primary N) is 1. The van der Waals surface area contributed by atoms with Crippen molar-refractivity contribution in [2.45, 2.75) is 90.2 Å². The second kappa shape index (κ2) is 12.6. The van der Waals surface area contributed by atoms with Crippen molar-refractivity contribution in [1.29, 1.82) is 0 Å². The summed E-state index contributed by atoms with van der Waals surface area (Å²) in [5, 5.41) is 8.56. The molecule has 0 aliphatic heterocycles. The first-order valence-electron chi connectivity index (χ1n) is 8.15. The van der Waals surface area contributed by atoms with Gasteiger partial charge < -0.3 is 15.6 Å². The van der Waals surface area contributed by atoms with Crippen molar-refractivity contribution in [3.8, 4) is 0 Å². The van der Waals surface area contributed by atoms with Crippen LogP contribution in [0.25, 0.3) is 0 Å². The Labute approximate surface area is 128 Å². The van der Waals surface area contributed by atoms with E-state index < -0.39 is 18.0 Å². The monoisotopic (exact) mass is 301 g/mol. The van der Waals surface area contributed by atoms with Crippen LogP contribution < -0.4 is 5.73 Å². The Morgan fingerprint density at radius 2 is 1.57 bits per heavy atom. The van der Waals surface area contributed by atoms with Crippen LogP contribution in [0.1, 0.15) is 78.1 Å². The molecule has 0 spiro atoms. The van der Waals surface area contributed by atoms with Crippen LogP contribution in [-0.4, -0.2) is 29.2 Å². The van der Waals surface area contributed by atoms with E-state index in [-0.39, 0.29) is 12.5 Å². The highest BCUT2D eigenvalue weighted by atomic mass is 16.5. The number of rotatable bonds is 13. The van der Waals surface area contributed by atoms with Crippen LogP contribution in [0, 0.1) is 0 Å². The molecule has 0 aliphatic carbocycles. The third-order valence-corrected chi connectivity index (χ3v) is 3.48. The Bertz CT molecular complexity index is 294. The summed E-state index contributed by atoms with van der Waals surface area (Å²) in [5.41, 5.74) is 5.45. The van der Waals surface area contributed by atoms with Gasteiger partial charge in [0.1, 0.15) is 6.04 Å². The highest BCUT2D eigenvalue weighted by Crippen LogP contribution is 2.12. The SMILES string of the molecule is CCCCCCCCCCC(C)OC(=O)C(N)CC(=O)O. The normalized spacial score (nSPS) is 13.7. The van der Waals surface area contributed by atoms with Gasteiger partial charge in [0.2, 0.25) is 0 Å². The lowest BCUT2D eigenvalue weighted by atomic mass is 10.1. The highest BCUT2D eigenvalue weighted by Gasteiger charge is 2.20. The van der Waals surface area contributed by atoms with Gasteiger partial charge in [0, 0.05) is 0 Å². The lowest BCUT2D eigenvalue weighted by molar-refractivity contribution is -0.153. The van der Waals surface area contributed by atoms with E-state index in [9.17, 15) is 9.59 Å². The van der Waals surface area contributed by atoms with Gasteiger partial charge in [-0.2, -0.15) is 0 Å². The molecule has 3 N–H and O–H groups in total. The lowest BCUT2D eigenvalue weighted by Gasteiger charge is -2.15. The standard InChI is InChI=1S/C16H31NO4/c1-3-4-5-6-7-8-9-10-11-13(2)21-16(20)14(17)12-15(18)19/h13-14H,3-12,17H2,1-2H3,(H,18,19). The molecule has 2 atom stereocenters. The van der Waals surface area contributed by atoms with Crippen molar-refractivity contribution in [2.75, 3.05) is 0 Å². The third kappa shape index (κ3) is 12.4. The predicted molar refractivity (Wildman–Crippen MR) is 83.0 cm³/mol. The summed E-state index contributed by atoms with van der Waals surface area (Å²) < 4.78 is 5.15. The number of aliphatic carboxylic acids is 1. The fourth-order valence-electron chi connectivity index (χ4n) is 2.18. The van der Waals surface area contributed by atoms with Gasteiger partial charge in [-0.15, -0.1) is 0 Å². The molecule has 21 heavy (non-hydrogen) atoms. The molecule has 0 saturated carbocycles. The van der Waals surface area contributed by atoms with E-state index in [1.165, 1.54) is 38.5 Å². The quantitative estimate of drug-likeness (QED) is 0.402. The van der Waals surface area contributed by atoms with E-state index in [1.54, 1.807) is 0 Å². The molecule has 0 fully saturated rings. The Morgan fingerprint density at radius 1 is 1.05 bits per heavy atom. The number of unbranched alkanes of at least 4 members (excludes halogenated alkanes) is 7. The van der Waals surface area contributed by atoms with E-state index in [2.05, 4.69) is 6.92 Å². The smallest absolute Gasteiger partial charge is 0.323 e. The molecule has 0 amide bonds. The van der Waals surface area contributed by atoms with Gasteiger partial charge in [0.15, 0.2) is 0 Å². The fourth-order valence-corrected chi connectivity index (χ4v) is 2.18. The number of carbonyl (C=O) groups is 2. The Morgan fingerprint density at radius 3 is 2.10 bits per heavy atom. The first kappa shape index (κ1) is 19.9. The summed E-state index contributed by atoms with van der Waals surface area (Å²) in [7, 11) is 0. The minimum Gasteiger partial charge on any atom is -0.481 e. The maximum atomic E-state index is 11.5. The van der Waals surface area contributed by atoms with E-state index in [4.69, 9.17) is 15.6 Å². The maximum Gasteiger partial charge on any atom is 0.323 e. The lowest BCUT2D eigenvalue weighted by Crippen LogP contribution is -2.36. The van der Waals surface area contributed by atoms with E-state index in [0.717, 1.165) is 19.3 Å². The molecule has 0 saturated heterocycles. The number of esters is 1. The number of carboxylic acids is 1. The van der Waals surface area contributed by atoms with Crippen molar-refractivity contribution in [3.63, 3.8) is 0 Å². The van der Waals surface area contributed by atoms with Gasteiger partial charge in [-0.3, -0.25) is 9.59 Å². The summed E-state index contributed by atoms with van der Waals surface area (Å²) in [6, 6.07) is -1.07. The Kier molecular flexibility index (Phi) is 12.0.